The molecule has 9 nitrogen and oxygen atoms in total. The van der Waals surface area contributed by atoms with Crippen LogP contribution in [0.5, 0.6) is 5.75 Å². The zero-order chi connectivity index (χ0) is 26.2. The van der Waals surface area contributed by atoms with E-state index in [1.165, 1.54) is 17.0 Å². The topological polar surface area (TPSA) is 156 Å². The molecule has 6 N–H and O–H groups in total. The Hall–Kier alpha value is -5.36. The number of phenols is 1. The minimum Gasteiger partial charge on any atom is -0.505 e. The average Bonchev–Trinajstić information content (AvgIpc) is 3.27. The Morgan fingerprint density at radius 3 is 2.44 bits per heavy atom. The van der Waals surface area contributed by atoms with E-state index in [1.807, 2.05) is 31.2 Å². The first-order valence-corrected chi connectivity index (χ1v) is 10.7. The number of nitrogens with two attached hydrogens (primary N) is 2. The molecule has 0 atom stereocenters. The number of hydrogen-bond acceptors (Lipinski definition) is 7. The van der Waals surface area contributed by atoms with Gasteiger partial charge in [-0.05, 0) is 42.8 Å². The average molecular weight is 480 g/mol. The van der Waals surface area contributed by atoms with Gasteiger partial charge in [0.15, 0.2) is 11.6 Å². The lowest BCUT2D eigenvalue weighted by Gasteiger charge is -2.13. The Balaban J connectivity index is 0.000000221. The summed E-state index contributed by atoms with van der Waals surface area (Å²) in [5.41, 5.74) is 15.0. The van der Waals surface area contributed by atoms with Gasteiger partial charge in [-0.15, -0.1) is 0 Å². The number of aromatic hydroxyl groups is 1. The maximum absolute atomic E-state index is 12.4. The smallest absolute Gasteiger partial charge is 0.259 e. The van der Waals surface area contributed by atoms with Crippen LogP contribution in [0, 0.1) is 18.3 Å². The molecule has 0 saturated carbocycles. The number of aryl methyl sites for hydroxylation is 1. The maximum Gasteiger partial charge on any atom is 0.259 e. The van der Waals surface area contributed by atoms with Crippen LogP contribution in [0.25, 0.3) is 18.0 Å². The van der Waals surface area contributed by atoms with Gasteiger partial charge in [0.1, 0.15) is 17.5 Å². The standard InChI is InChI=1S/C18H18N2O2.C9H7N5/c1-4-12-10-15(17(21)16(19)14(12)5-2)18(22)20-13-8-6-11(3)7-9-13;10-5-7-6-13-14(9(7)11)8-3-1-2-4-12-8/h4-10,21H,1-2,19H2,3H3,(H,20,22);1-4,6H,11H2. The Morgan fingerprint density at radius 2 is 1.89 bits per heavy atom. The van der Waals surface area contributed by atoms with Gasteiger partial charge in [0.2, 0.25) is 0 Å². The number of hydrogen-bond donors (Lipinski definition) is 4. The molecule has 0 fully saturated rings. The third kappa shape index (κ3) is 5.40. The minimum atomic E-state index is -0.438. The Kier molecular flexibility index (Phi) is 7.84. The van der Waals surface area contributed by atoms with E-state index < -0.39 is 5.91 Å². The van der Waals surface area contributed by atoms with E-state index in [1.54, 1.807) is 42.6 Å². The van der Waals surface area contributed by atoms with Crippen molar-refractivity contribution in [2.45, 2.75) is 6.92 Å². The molecule has 180 valence electrons. The van der Waals surface area contributed by atoms with Crippen molar-refractivity contribution < 1.29 is 9.90 Å². The first-order valence-electron chi connectivity index (χ1n) is 10.7. The van der Waals surface area contributed by atoms with Gasteiger partial charge in [-0.3, -0.25) is 4.79 Å². The molecule has 0 radical (unpaired) electrons. The molecule has 2 heterocycles. The summed E-state index contributed by atoms with van der Waals surface area (Å²) in [7, 11) is 0. The number of amides is 1. The van der Waals surface area contributed by atoms with Crippen molar-refractivity contribution in [2.24, 2.45) is 0 Å². The minimum absolute atomic E-state index is 0.0959. The van der Waals surface area contributed by atoms with Crippen molar-refractivity contribution in [3.05, 3.63) is 102 Å². The van der Waals surface area contributed by atoms with E-state index in [0.717, 1.165) is 5.56 Å². The van der Waals surface area contributed by atoms with Crippen LogP contribution in [0.15, 0.2) is 74.1 Å². The molecule has 0 bridgehead atoms. The summed E-state index contributed by atoms with van der Waals surface area (Å²) in [6.45, 7) is 9.30. The zero-order valence-corrected chi connectivity index (χ0v) is 19.6. The maximum atomic E-state index is 12.4. The van der Waals surface area contributed by atoms with E-state index >= 15 is 0 Å². The summed E-state index contributed by atoms with van der Waals surface area (Å²) in [5.74, 6) is 0.217. The summed E-state index contributed by atoms with van der Waals surface area (Å²) in [4.78, 5) is 16.4. The first kappa shape index (κ1) is 25.3. The summed E-state index contributed by atoms with van der Waals surface area (Å²) >= 11 is 0. The van der Waals surface area contributed by atoms with Crippen LogP contribution in [0.2, 0.25) is 0 Å². The number of nitrogens with zero attached hydrogens (tertiary/aromatic N) is 4. The number of nitrogens with one attached hydrogen (secondary N) is 1. The van der Waals surface area contributed by atoms with Gasteiger partial charge in [0.05, 0.1) is 17.4 Å². The van der Waals surface area contributed by atoms with E-state index in [2.05, 4.69) is 28.6 Å². The molecule has 0 unspecified atom stereocenters. The van der Waals surface area contributed by atoms with E-state index in [9.17, 15) is 9.90 Å². The Morgan fingerprint density at radius 1 is 1.17 bits per heavy atom. The van der Waals surface area contributed by atoms with Crippen molar-refractivity contribution in [3.8, 4) is 17.6 Å². The normalized spacial score (nSPS) is 9.89. The lowest BCUT2D eigenvalue weighted by Crippen LogP contribution is -2.13. The number of nitrogen functional groups attached to an aromatic ring is 2. The molecule has 0 spiro atoms. The predicted molar refractivity (Wildman–Crippen MR) is 142 cm³/mol. The van der Waals surface area contributed by atoms with Crippen molar-refractivity contribution in [1.29, 1.82) is 5.26 Å². The lowest BCUT2D eigenvalue weighted by molar-refractivity contribution is 0.102. The highest BCUT2D eigenvalue weighted by Crippen LogP contribution is 2.33. The van der Waals surface area contributed by atoms with Crippen LogP contribution >= 0.6 is 0 Å². The fraction of sp³-hybridized carbons (Fsp3) is 0.0370. The summed E-state index contributed by atoms with van der Waals surface area (Å²) in [5, 5.41) is 25.5. The summed E-state index contributed by atoms with van der Waals surface area (Å²) < 4.78 is 1.43. The third-order valence-electron chi connectivity index (χ3n) is 5.18. The van der Waals surface area contributed by atoms with Gasteiger partial charge in [-0.25, -0.2) is 4.98 Å². The number of anilines is 3. The highest BCUT2D eigenvalue weighted by molar-refractivity contribution is 6.08. The van der Waals surface area contributed by atoms with Gasteiger partial charge >= 0.3 is 0 Å². The number of phenolic OH excluding ortho intramolecular Hbond substituents is 1. The highest BCUT2D eigenvalue weighted by atomic mass is 16.3. The molecule has 0 aliphatic carbocycles. The number of benzene rings is 2. The fourth-order valence-electron chi connectivity index (χ4n) is 3.24. The molecule has 4 rings (SSSR count). The fourth-order valence-corrected chi connectivity index (χ4v) is 3.24. The molecular weight excluding hydrogens is 454 g/mol. The van der Waals surface area contributed by atoms with Crippen LogP contribution in [0.4, 0.5) is 17.2 Å². The second-order valence-electron chi connectivity index (χ2n) is 7.57. The SMILES string of the molecule is C=Cc1cc(C(=O)Nc2ccc(C)cc2)c(O)c(N)c1C=C.N#Cc1cnn(-c2ccccn2)c1N. The molecule has 2 aromatic heterocycles. The molecule has 36 heavy (non-hydrogen) atoms. The first-order chi connectivity index (χ1) is 17.3. The van der Waals surface area contributed by atoms with Gasteiger partial charge in [0.25, 0.3) is 5.91 Å². The van der Waals surface area contributed by atoms with Crippen molar-refractivity contribution in [2.75, 3.05) is 16.8 Å². The quantitative estimate of drug-likeness (QED) is 0.242. The van der Waals surface area contributed by atoms with Crippen LogP contribution in [0.1, 0.15) is 32.6 Å². The number of aromatic nitrogens is 3. The van der Waals surface area contributed by atoms with Crippen LogP contribution in [0.3, 0.4) is 0 Å². The molecule has 2 aromatic carbocycles. The number of rotatable bonds is 5. The second kappa shape index (κ2) is 11.2. The molecule has 1 amide bonds. The Bertz CT molecular complexity index is 1450. The summed E-state index contributed by atoms with van der Waals surface area (Å²) in [6.07, 6.45) is 6.15. The number of nitriles is 1. The highest BCUT2D eigenvalue weighted by Gasteiger charge is 2.18. The third-order valence-corrected chi connectivity index (χ3v) is 5.18. The van der Waals surface area contributed by atoms with Gasteiger partial charge in [0, 0.05) is 17.4 Å². The zero-order valence-electron chi connectivity index (χ0n) is 19.6. The predicted octanol–water partition coefficient (Wildman–Crippen LogP) is 4.54. The monoisotopic (exact) mass is 479 g/mol. The molecule has 0 aliphatic rings. The lowest BCUT2D eigenvalue weighted by atomic mass is 9.99. The largest absolute Gasteiger partial charge is 0.505 e. The molecular formula is C27H25N7O2. The van der Waals surface area contributed by atoms with Gasteiger partial charge in [-0.1, -0.05) is 49.1 Å². The number of pyridine rings is 1. The molecule has 0 saturated heterocycles. The number of carbonyl (C=O) groups excluding carboxylic acids is 1. The van der Waals surface area contributed by atoms with Crippen molar-refractivity contribution in [1.82, 2.24) is 14.8 Å². The second-order valence-corrected chi connectivity index (χ2v) is 7.57. The molecule has 4 aromatic rings. The number of carbonyl (C=O) groups is 1. The summed E-state index contributed by atoms with van der Waals surface area (Å²) in [6, 6.07) is 16.2. The van der Waals surface area contributed by atoms with E-state index in [4.69, 9.17) is 16.7 Å². The van der Waals surface area contributed by atoms with Crippen LogP contribution in [-0.4, -0.2) is 25.8 Å². The van der Waals surface area contributed by atoms with Crippen LogP contribution in [-0.2, 0) is 0 Å². The van der Waals surface area contributed by atoms with Gasteiger partial charge < -0.3 is 21.9 Å². The molecule has 9 heteroatoms. The van der Waals surface area contributed by atoms with E-state index in [0.29, 0.717) is 34.0 Å². The van der Waals surface area contributed by atoms with Crippen LogP contribution < -0.4 is 16.8 Å². The van der Waals surface area contributed by atoms with Crippen molar-refractivity contribution >= 4 is 35.3 Å². The molecule has 0 aliphatic heterocycles. The Labute approximate surface area is 208 Å². The van der Waals surface area contributed by atoms with E-state index in [-0.39, 0.29) is 17.0 Å². The van der Waals surface area contributed by atoms with Crippen molar-refractivity contribution in [3.63, 3.8) is 0 Å². The van der Waals surface area contributed by atoms with Gasteiger partial charge in [-0.2, -0.15) is 15.0 Å².